The third-order valence-corrected chi connectivity index (χ3v) is 7.47. The molecule has 3 aliphatic rings. The number of Topliss-reactive ketones (excluding diaryl/α,β-unsaturated/α-hetero) is 1. The van der Waals surface area contributed by atoms with E-state index in [0.717, 1.165) is 25.1 Å². The number of hydrogen-bond donors (Lipinski definition) is 2. The lowest BCUT2D eigenvalue weighted by molar-refractivity contribution is -0.120. The molecular weight excluding hydrogens is 514 g/mol. The minimum absolute atomic E-state index is 0.0228. The number of methoxy groups -OCH3 is 2. The van der Waals surface area contributed by atoms with Gasteiger partial charge in [0.25, 0.3) is 5.91 Å². The van der Waals surface area contributed by atoms with Gasteiger partial charge in [-0.1, -0.05) is 31.2 Å². The van der Waals surface area contributed by atoms with Crippen LogP contribution in [0.3, 0.4) is 0 Å². The van der Waals surface area contributed by atoms with Crippen LogP contribution in [0.15, 0.2) is 58.5 Å². The molecule has 218 valence electrons. The van der Waals surface area contributed by atoms with Crippen LogP contribution in [0.25, 0.3) is 0 Å². The first-order valence-corrected chi connectivity index (χ1v) is 13.7. The van der Waals surface area contributed by atoms with Crippen LogP contribution in [0, 0.1) is 5.92 Å². The average Bonchev–Trinajstić information content (AvgIpc) is 2.87. The van der Waals surface area contributed by atoms with E-state index in [4.69, 9.17) is 19.9 Å². The number of ether oxygens (including phenoxy) is 3. The van der Waals surface area contributed by atoms with Gasteiger partial charge in [-0.05, 0) is 57.4 Å². The summed E-state index contributed by atoms with van der Waals surface area (Å²) in [5.74, 6) is -1.04. The Morgan fingerprint density at radius 2 is 1.82 bits per heavy atom. The van der Waals surface area contributed by atoms with Crippen LogP contribution >= 0.6 is 0 Å². The molecule has 0 aromatic rings. The maximum absolute atomic E-state index is 13.5. The largest absolute Gasteiger partial charge is 0.439 e. The normalized spacial score (nSPS) is 30.8. The van der Waals surface area contributed by atoms with E-state index in [-0.39, 0.29) is 29.3 Å². The Morgan fingerprint density at radius 3 is 2.42 bits per heavy atom. The number of primary amides is 1. The van der Waals surface area contributed by atoms with E-state index in [1.807, 2.05) is 24.8 Å². The first kappa shape index (κ1) is 31.0. The second kappa shape index (κ2) is 14.2. The lowest BCUT2D eigenvalue weighted by Gasteiger charge is -2.37. The van der Waals surface area contributed by atoms with Gasteiger partial charge in [0, 0.05) is 44.5 Å². The number of hydrogen-bond acceptors (Lipinski definition) is 8. The highest BCUT2D eigenvalue weighted by molar-refractivity contribution is 6.23. The number of carbonyl (C=O) groups excluding carboxylic acids is 4. The van der Waals surface area contributed by atoms with Crippen molar-refractivity contribution in [1.82, 2.24) is 10.2 Å². The predicted octanol–water partition coefficient (Wildman–Crippen LogP) is 3.25. The van der Waals surface area contributed by atoms with Gasteiger partial charge in [0.05, 0.1) is 17.5 Å². The summed E-state index contributed by atoms with van der Waals surface area (Å²) < 4.78 is 16.7. The molecule has 10 heteroatoms. The SMILES string of the molecule is COC1CCCC2=C(N3CCC3)C(=O)C=C(NC(=O)/C(C)=C/C=C\C(OC)C(OC(N)=O)/C(C)=C/[C@H](C)C1)C2=O. The summed E-state index contributed by atoms with van der Waals surface area (Å²) in [6.07, 6.45) is 8.95. The fourth-order valence-electron chi connectivity index (χ4n) is 5.21. The number of allylic oxidation sites excluding steroid dienone is 5. The van der Waals surface area contributed by atoms with E-state index < -0.39 is 24.2 Å². The maximum Gasteiger partial charge on any atom is 0.405 e. The van der Waals surface area contributed by atoms with Crippen molar-refractivity contribution in [1.29, 1.82) is 0 Å². The number of amides is 2. The molecule has 2 amide bonds. The van der Waals surface area contributed by atoms with Gasteiger partial charge in [0.1, 0.15) is 6.10 Å². The van der Waals surface area contributed by atoms with E-state index in [2.05, 4.69) is 5.32 Å². The molecule has 3 unspecified atom stereocenters. The van der Waals surface area contributed by atoms with E-state index in [0.29, 0.717) is 42.5 Å². The van der Waals surface area contributed by atoms with E-state index in [9.17, 15) is 19.2 Å². The van der Waals surface area contributed by atoms with Crippen LogP contribution < -0.4 is 11.1 Å². The second-order valence-corrected chi connectivity index (χ2v) is 10.5. The Kier molecular flexibility index (Phi) is 11.0. The molecule has 0 spiro atoms. The number of nitrogens with one attached hydrogen (secondary N) is 1. The molecule has 10 nitrogen and oxygen atoms in total. The highest BCUT2D eigenvalue weighted by atomic mass is 16.6. The number of fused-ring (bicyclic) bond motifs is 2. The van der Waals surface area contributed by atoms with E-state index in [1.54, 1.807) is 32.3 Å². The summed E-state index contributed by atoms with van der Waals surface area (Å²) in [6.45, 7) is 6.95. The van der Waals surface area contributed by atoms with E-state index in [1.165, 1.54) is 13.2 Å². The molecule has 1 fully saturated rings. The summed E-state index contributed by atoms with van der Waals surface area (Å²) in [6, 6.07) is 0. The van der Waals surface area contributed by atoms with Crippen molar-refractivity contribution in [2.75, 3.05) is 27.3 Å². The third kappa shape index (κ3) is 7.79. The second-order valence-electron chi connectivity index (χ2n) is 10.5. The Hall–Kier alpha value is -3.50. The Labute approximate surface area is 235 Å². The van der Waals surface area contributed by atoms with Crippen LogP contribution in [0.2, 0.25) is 0 Å². The number of ketones is 2. The third-order valence-electron chi connectivity index (χ3n) is 7.47. The number of likely N-dealkylation sites (tertiary alicyclic amines) is 1. The van der Waals surface area contributed by atoms with Gasteiger partial charge in [-0.2, -0.15) is 0 Å². The lowest BCUT2D eigenvalue weighted by atomic mass is 9.89. The average molecular weight is 556 g/mol. The predicted molar refractivity (Wildman–Crippen MR) is 150 cm³/mol. The quantitative estimate of drug-likeness (QED) is 0.398. The lowest BCUT2D eigenvalue weighted by Crippen LogP contribution is -2.43. The molecule has 3 N–H and O–H groups in total. The molecule has 0 saturated carbocycles. The van der Waals surface area contributed by atoms with Gasteiger partial charge >= 0.3 is 6.09 Å². The van der Waals surface area contributed by atoms with Crippen molar-refractivity contribution < 1.29 is 33.4 Å². The highest BCUT2D eigenvalue weighted by Gasteiger charge is 2.34. The molecule has 2 heterocycles. The zero-order chi connectivity index (χ0) is 29.4. The van der Waals surface area contributed by atoms with Crippen molar-refractivity contribution in [2.45, 2.75) is 71.2 Å². The summed E-state index contributed by atoms with van der Waals surface area (Å²) in [5, 5.41) is 2.63. The zero-order valence-corrected chi connectivity index (χ0v) is 24.0. The van der Waals surface area contributed by atoms with Crippen molar-refractivity contribution in [3.8, 4) is 0 Å². The first-order valence-electron chi connectivity index (χ1n) is 13.7. The molecule has 1 aliphatic carbocycles. The monoisotopic (exact) mass is 555 g/mol. The number of carbonyl (C=O) groups is 4. The molecule has 0 radical (unpaired) electrons. The molecule has 40 heavy (non-hydrogen) atoms. The maximum atomic E-state index is 13.5. The van der Waals surface area contributed by atoms with Crippen molar-refractivity contribution >= 4 is 23.6 Å². The topological polar surface area (TPSA) is 137 Å². The Balaban J connectivity index is 1.98. The van der Waals surface area contributed by atoms with Gasteiger partial charge < -0.3 is 30.2 Å². The smallest absolute Gasteiger partial charge is 0.405 e. The minimum atomic E-state index is -0.925. The van der Waals surface area contributed by atoms with Gasteiger partial charge in [0.2, 0.25) is 11.6 Å². The Morgan fingerprint density at radius 1 is 1.10 bits per heavy atom. The zero-order valence-electron chi connectivity index (χ0n) is 24.0. The fourth-order valence-corrected chi connectivity index (χ4v) is 5.21. The number of nitrogens with zero attached hydrogens (tertiary/aromatic N) is 1. The molecule has 1 saturated heterocycles. The van der Waals surface area contributed by atoms with Crippen LogP contribution in [0.1, 0.15) is 52.9 Å². The van der Waals surface area contributed by atoms with Gasteiger partial charge in [0.15, 0.2) is 6.10 Å². The van der Waals surface area contributed by atoms with Gasteiger partial charge in [-0.15, -0.1) is 0 Å². The first-order chi connectivity index (χ1) is 19.0. The van der Waals surface area contributed by atoms with Crippen LogP contribution in [0.5, 0.6) is 0 Å². The fraction of sp³-hybridized carbons (Fsp3) is 0.533. The van der Waals surface area contributed by atoms with Crippen molar-refractivity contribution in [3.05, 3.63) is 58.5 Å². The summed E-state index contributed by atoms with van der Waals surface area (Å²) in [4.78, 5) is 53.2. The summed E-state index contributed by atoms with van der Waals surface area (Å²) in [7, 11) is 3.14. The van der Waals surface area contributed by atoms with Crippen LogP contribution in [-0.2, 0) is 28.6 Å². The molecule has 2 aliphatic heterocycles. The summed E-state index contributed by atoms with van der Waals surface area (Å²) in [5.41, 5.74) is 7.29. The van der Waals surface area contributed by atoms with Crippen molar-refractivity contribution in [3.63, 3.8) is 0 Å². The molecule has 2 bridgehead atoms. The van der Waals surface area contributed by atoms with Gasteiger partial charge in [-0.3, -0.25) is 14.4 Å². The van der Waals surface area contributed by atoms with Crippen LogP contribution in [-0.4, -0.2) is 74.1 Å². The van der Waals surface area contributed by atoms with Crippen LogP contribution in [0.4, 0.5) is 4.79 Å². The molecular formula is C30H41N3O7. The molecule has 4 atom stereocenters. The minimum Gasteiger partial charge on any atom is -0.439 e. The highest BCUT2D eigenvalue weighted by Crippen LogP contribution is 2.30. The van der Waals surface area contributed by atoms with Gasteiger partial charge in [-0.25, -0.2) is 4.79 Å². The summed E-state index contributed by atoms with van der Waals surface area (Å²) >= 11 is 0. The number of nitrogens with two attached hydrogens (primary N) is 1. The van der Waals surface area contributed by atoms with E-state index >= 15 is 0 Å². The van der Waals surface area contributed by atoms with Crippen molar-refractivity contribution in [2.24, 2.45) is 11.7 Å². The molecule has 3 rings (SSSR count). The standard InChI is InChI=1S/C30H41N3O7/c1-18-15-20(3)28(40-30(31)37)25(39-5)12-6-9-19(2)29(36)32-23-17-24(34)26(33-13-8-14-33)22(27(23)35)11-7-10-21(16-18)38-4/h6,9,12,15,17-18,21,25,28H,7-8,10-11,13-14,16H2,1-5H3,(H2,31,37)(H,32,36)/b12-6-,19-9+,20-15+/t18-,21?,25?,28?/m0/s1. The number of rotatable bonds is 4. The molecule has 0 aromatic carbocycles. The molecule has 0 aromatic heterocycles. The Bertz CT molecular complexity index is 1160.